The summed E-state index contributed by atoms with van der Waals surface area (Å²) in [6, 6.07) is 6.86. The lowest BCUT2D eigenvalue weighted by Crippen LogP contribution is -2.42. The standard InChI is InChI=1S/C19H21ClN3O2Si/c1-26(2)7-6-25-12-23-17-15(4-3-5-21-17)19(18(23)24)9-13-8-16(20)22-11-14(13)10-19/h3-5,8,11H,6-7,9-10,12H2,1-2H3. The quantitative estimate of drug-likeness (QED) is 0.449. The first-order valence-electron chi connectivity index (χ1n) is 8.79. The monoisotopic (exact) mass is 386 g/mol. The van der Waals surface area contributed by atoms with Crippen molar-refractivity contribution in [3.05, 3.63) is 52.4 Å². The van der Waals surface area contributed by atoms with E-state index < -0.39 is 5.41 Å². The lowest BCUT2D eigenvalue weighted by atomic mass is 9.79. The van der Waals surface area contributed by atoms with Gasteiger partial charge in [-0.2, -0.15) is 0 Å². The van der Waals surface area contributed by atoms with Gasteiger partial charge in [-0.1, -0.05) is 30.8 Å². The maximum absolute atomic E-state index is 13.4. The maximum atomic E-state index is 13.4. The van der Waals surface area contributed by atoms with E-state index in [0.29, 0.717) is 24.6 Å². The van der Waals surface area contributed by atoms with Crippen molar-refractivity contribution in [2.24, 2.45) is 0 Å². The molecule has 2 aromatic rings. The van der Waals surface area contributed by atoms with Gasteiger partial charge in [-0.15, -0.1) is 0 Å². The molecule has 0 aromatic carbocycles. The van der Waals surface area contributed by atoms with Crippen molar-refractivity contribution in [1.82, 2.24) is 9.97 Å². The van der Waals surface area contributed by atoms with Gasteiger partial charge in [0.05, 0.1) is 5.41 Å². The molecule has 0 bridgehead atoms. The van der Waals surface area contributed by atoms with Crippen molar-refractivity contribution in [1.29, 1.82) is 0 Å². The van der Waals surface area contributed by atoms with Crippen LogP contribution < -0.4 is 4.90 Å². The summed E-state index contributed by atoms with van der Waals surface area (Å²) in [5.41, 5.74) is 2.56. The molecule has 4 rings (SSSR count). The van der Waals surface area contributed by atoms with E-state index >= 15 is 0 Å². The third-order valence-electron chi connectivity index (χ3n) is 5.21. The first-order valence-corrected chi connectivity index (χ1v) is 11.9. The number of anilines is 1. The number of pyridine rings is 2. The van der Waals surface area contributed by atoms with E-state index in [1.807, 2.05) is 18.2 Å². The number of ether oxygens (including phenoxy) is 1. The average molecular weight is 387 g/mol. The largest absolute Gasteiger partial charge is 0.361 e. The van der Waals surface area contributed by atoms with Crippen LogP contribution in [-0.2, 0) is 27.8 Å². The zero-order chi connectivity index (χ0) is 18.3. The van der Waals surface area contributed by atoms with Crippen LogP contribution in [0.2, 0.25) is 24.3 Å². The van der Waals surface area contributed by atoms with Gasteiger partial charge in [0.25, 0.3) is 0 Å². The first-order chi connectivity index (χ1) is 12.5. The molecule has 26 heavy (non-hydrogen) atoms. The highest BCUT2D eigenvalue weighted by molar-refractivity contribution is 6.55. The minimum Gasteiger partial charge on any atom is -0.361 e. The van der Waals surface area contributed by atoms with E-state index in [1.165, 1.54) is 0 Å². The molecule has 2 aromatic heterocycles. The molecule has 1 spiro atoms. The molecule has 0 saturated heterocycles. The molecule has 1 atom stereocenters. The molecule has 7 heteroatoms. The van der Waals surface area contributed by atoms with Crippen molar-refractivity contribution in [2.45, 2.75) is 37.4 Å². The van der Waals surface area contributed by atoms with Crippen LogP contribution in [0, 0.1) is 0 Å². The summed E-state index contributed by atoms with van der Waals surface area (Å²) in [6.45, 7) is 5.46. The molecule has 1 aliphatic heterocycles. The number of rotatable bonds is 5. The highest BCUT2D eigenvalue weighted by Gasteiger charge is 2.54. The molecule has 1 radical (unpaired) electrons. The van der Waals surface area contributed by atoms with Crippen LogP contribution >= 0.6 is 11.6 Å². The highest BCUT2D eigenvalue weighted by Crippen LogP contribution is 2.49. The number of amides is 1. The number of carbonyl (C=O) groups is 1. The summed E-state index contributed by atoms with van der Waals surface area (Å²) in [6.07, 6.45) is 4.80. The highest BCUT2D eigenvalue weighted by atomic mass is 35.5. The predicted octanol–water partition coefficient (Wildman–Crippen LogP) is 3.24. The zero-order valence-corrected chi connectivity index (χ0v) is 16.7. The van der Waals surface area contributed by atoms with Crippen molar-refractivity contribution >= 4 is 32.1 Å². The first kappa shape index (κ1) is 17.6. The summed E-state index contributed by atoms with van der Waals surface area (Å²) in [7, 11) is -0.329. The van der Waals surface area contributed by atoms with E-state index in [4.69, 9.17) is 16.3 Å². The normalized spacial score (nSPS) is 20.9. The molecule has 0 N–H and O–H groups in total. The average Bonchev–Trinajstić information content (AvgIpc) is 3.10. The van der Waals surface area contributed by atoms with Crippen LogP contribution in [0.3, 0.4) is 0 Å². The van der Waals surface area contributed by atoms with Crippen LogP contribution in [0.25, 0.3) is 0 Å². The van der Waals surface area contributed by atoms with E-state index in [1.54, 1.807) is 17.3 Å². The number of carbonyl (C=O) groups excluding carboxylic acids is 1. The zero-order valence-electron chi connectivity index (χ0n) is 15.0. The molecule has 1 aliphatic carbocycles. The predicted molar refractivity (Wildman–Crippen MR) is 103 cm³/mol. The van der Waals surface area contributed by atoms with E-state index in [-0.39, 0.29) is 21.4 Å². The van der Waals surface area contributed by atoms with Gasteiger partial charge in [0.2, 0.25) is 5.91 Å². The maximum Gasteiger partial charge on any atom is 0.241 e. The third kappa shape index (κ3) is 2.86. The van der Waals surface area contributed by atoms with Crippen LogP contribution in [0.1, 0.15) is 16.7 Å². The number of nitrogens with zero attached hydrogens (tertiary/aromatic N) is 3. The minimum absolute atomic E-state index is 0.0667. The Labute approximate surface area is 160 Å². The summed E-state index contributed by atoms with van der Waals surface area (Å²) < 4.78 is 5.81. The topological polar surface area (TPSA) is 55.3 Å². The molecule has 1 unspecified atom stereocenters. The summed E-state index contributed by atoms with van der Waals surface area (Å²) >= 11 is 6.06. The lowest BCUT2D eigenvalue weighted by molar-refractivity contribution is -0.124. The van der Waals surface area contributed by atoms with Gasteiger partial charge < -0.3 is 4.74 Å². The van der Waals surface area contributed by atoms with Crippen molar-refractivity contribution < 1.29 is 9.53 Å². The summed E-state index contributed by atoms with van der Waals surface area (Å²) in [5.74, 6) is 0.792. The number of hydrogen-bond acceptors (Lipinski definition) is 4. The molecule has 5 nitrogen and oxygen atoms in total. The van der Waals surface area contributed by atoms with Crippen LogP contribution in [0.4, 0.5) is 5.82 Å². The van der Waals surface area contributed by atoms with Crippen LogP contribution in [-0.4, -0.2) is 38.0 Å². The van der Waals surface area contributed by atoms with Gasteiger partial charge in [-0.3, -0.25) is 9.69 Å². The Balaban J connectivity index is 1.63. The third-order valence-corrected chi connectivity index (χ3v) is 6.62. The van der Waals surface area contributed by atoms with Crippen molar-refractivity contribution in [2.75, 3.05) is 18.2 Å². The second-order valence-corrected chi connectivity index (χ2v) is 10.6. The Kier molecular flexibility index (Phi) is 4.58. The molecule has 0 fully saturated rings. The molecule has 135 valence electrons. The molecular weight excluding hydrogens is 366 g/mol. The van der Waals surface area contributed by atoms with Gasteiger partial charge in [0.1, 0.15) is 17.7 Å². The lowest BCUT2D eigenvalue weighted by Gasteiger charge is -2.23. The Morgan fingerprint density at radius 2 is 2.12 bits per heavy atom. The second kappa shape index (κ2) is 6.76. The van der Waals surface area contributed by atoms with Gasteiger partial charge in [-0.25, -0.2) is 9.97 Å². The van der Waals surface area contributed by atoms with Gasteiger partial charge >= 0.3 is 0 Å². The molecule has 0 saturated carbocycles. The second-order valence-electron chi connectivity index (χ2n) is 7.31. The minimum atomic E-state index is -0.605. The SMILES string of the molecule is C[Si](C)CCOCN1C(=O)C2(Cc3cnc(Cl)cc3C2)c2cccnc21. The number of hydrogen-bond donors (Lipinski definition) is 0. The molecular formula is C19H21ClN3O2Si. The van der Waals surface area contributed by atoms with Crippen LogP contribution in [0.5, 0.6) is 0 Å². The molecule has 1 amide bonds. The Morgan fingerprint density at radius 1 is 1.31 bits per heavy atom. The van der Waals surface area contributed by atoms with E-state index in [0.717, 1.165) is 28.6 Å². The Hall–Kier alpha value is -1.76. The van der Waals surface area contributed by atoms with Gasteiger partial charge in [-0.05, 0) is 42.1 Å². The fourth-order valence-corrected chi connectivity index (χ4v) is 4.61. The fraction of sp³-hybridized carbons (Fsp3) is 0.421. The van der Waals surface area contributed by atoms with Gasteiger partial charge in [0, 0.05) is 33.4 Å². The van der Waals surface area contributed by atoms with Crippen molar-refractivity contribution in [3.63, 3.8) is 0 Å². The summed E-state index contributed by atoms with van der Waals surface area (Å²) in [4.78, 5) is 23.8. The smallest absolute Gasteiger partial charge is 0.241 e. The van der Waals surface area contributed by atoms with E-state index in [2.05, 4.69) is 23.1 Å². The Bertz CT molecular complexity index is 860. The fourth-order valence-electron chi connectivity index (χ4n) is 3.88. The number of aromatic nitrogens is 2. The molecule has 2 aliphatic rings. The number of halogens is 1. The van der Waals surface area contributed by atoms with Crippen LogP contribution in [0.15, 0.2) is 30.6 Å². The summed E-state index contributed by atoms with van der Waals surface area (Å²) in [5, 5.41) is 0.467. The van der Waals surface area contributed by atoms with Crippen molar-refractivity contribution in [3.8, 4) is 0 Å². The molecule has 3 heterocycles. The Morgan fingerprint density at radius 3 is 2.92 bits per heavy atom. The van der Waals surface area contributed by atoms with E-state index in [9.17, 15) is 4.79 Å². The number of fused-ring (bicyclic) bond motifs is 3. The van der Waals surface area contributed by atoms with Gasteiger partial charge in [0.15, 0.2) is 0 Å².